The Morgan fingerprint density at radius 3 is 2.61 bits per heavy atom. The second kappa shape index (κ2) is 8.08. The summed E-state index contributed by atoms with van der Waals surface area (Å²) in [6.45, 7) is 11.7. The number of thioether (sulfide) groups is 1. The van der Waals surface area contributed by atoms with E-state index in [2.05, 4.69) is 37.9 Å². The van der Waals surface area contributed by atoms with Crippen molar-refractivity contribution in [2.75, 3.05) is 37.7 Å². The van der Waals surface area contributed by atoms with Gasteiger partial charge in [0.25, 0.3) is 0 Å². The van der Waals surface area contributed by atoms with E-state index in [-0.39, 0.29) is 5.60 Å². The highest BCUT2D eigenvalue weighted by molar-refractivity contribution is 7.99. The Balaban J connectivity index is 1.89. The summed E-state index contributed by atoms with van der Waals surface area (Å²) in [6.07, 6.45) is 3.25. The van der Waals surface area contributed by atoms with Gasteiger partial charge < -0.3 is 20.1 Å². The summed E-state index contributed by atoms with van der Waals surface area (Å²) in [4.78, 5) is 7.02. The standard InChI is InChI=1S/C17H33N3O2S/c1-5-18-15(19-12-17(21)8-11-23-13-17)20-9-6-14(7-10-20)22-16(2,3)4/h14,21H,5-13H2,1-4H3,(H,18,19). The molecule has 2 aliphatic heterocycles. The molecule has 0 amide bonds. The van der Waals surface area contributed by atoms with Crippen LogP contribution in [0.15, 0.2) is 4.99 Å². The van der Waals surface area contributed by atoms with Gasteiger partial charge >= 0.3 is 0 Å². The Hall–Kier alpha value is -0.460. The lowest BCUT2D eigenvalue weighted by Crippen LogP contribution is -2.48. The van der Waals surface area contributed by atoms with Gasteiger partial charge in [0.1, 0.15) is 0 Å². The number of likely N-dealkylation sites (tertiary alicyclic amines) is 1. The molecule has 2 rings (SSSR count). The van der Waals surface area contributed by atoms with E-state index in [0.717, 1.165) is 56.4 Å². The molecule has 0 aromatic carbocycles. The maximum absolute atomic E-state index is 10.5. The van der Waals surface area contributed by atoms with E-state index in [9.17, 15) is 5.11 Å². The SMILES string of the molecule is CCNC(=NCC1(O)CCSC1)N1CCC(OC(C)(C)C)CC1. The molecule has 0 aliphatic carbocycles. The fourth-order valence-electron chi connectivity index (χ4n) is 3.05. The summed E-state index contributed by atoms with van der Waals surface area (Å²) in [5, 5.41) is 13.9. The summed E-state index contributed by atoms with van der Waals surface area (Å²) in [5.41, 5.74) is -0.687. The Kier molecular flexibility index (Phi) is 6.63. The van der Waals surface area contributed by atoms with Crippen molar-refractivity contribution in [2.24, 2.45) is 4.99 Å². The summed E-state index contributed by atoms with van der Waals surface area (Å²) in [6, 6.07) is 0. The van der Waals surface area contributed by atoms with Gasteiger partial charge in [0.15, 0.2) is 5.96 Å². The van der Waals surface area contributed by atoms with Gasteiger partial charge in [0, 0.05) is 25.4 Å². The van der Waals surface area contributed by atoms with Gasteiger partial charge in [-0.25, -0.2) is 0 Å². The van der Waals surface area contributed by atoms with E-state index in [0.29, 0.717) is 12.6 Å². The van der Waals surface area contributed by atoms with Crippen LogP contribution in [0.2, 0.25) is 0 Å². The molecule has 5 nitrogen and oxygen atoms in total. The first kappa shape index (κ1) is 18.9. The quantitative estimate of drug-likeness (QED) is 0.605. The lowest BCUT2D eigenvalue weighted by molar-refractivity contribution is -0.0773. The van der Waals surface area contributed by atoms with E-state index >= 15 is 0 Å². The Labute approximate surface area is 145 Å². The number of ether oxygens (including phenoxy) is 1. The van der Waals surface area contributed by atoms with Crippen molar-refractivity contribution in [3.63, 3.8) is 0 Å². The highest BCUT2D eigenvalue weighted by atomic mass is 32.2. The number of nitrogens with one attached hydrogen (secondary N) is 1. The minimum Gasteiger partial charge on any atom is -0.387 e. The smallest absolute Gasteiger partial charge is 0.194 e. The molecule has 6 heteroatoms. The van der Waals surface area contributed by atoms with Crippen molar-refractivity contribution in [3.05, 3.63) is 0 Å². The number of aliphatic imine (C=N–C) groups is 1. The molecule has 0 radical (unpaired) electrons. The monoisotopic (exact) mass is 343 g/mol. The number of guanidine groups is 1. The fourth-order valence-corrected chi connectivity index (χ4v) is 4.34. The maximum atomic E-state index is 10.5. The van der Waals surface area contributed by atoms with Crippen LogP contribution in [0.4, 0.5) is 0 Å². The molecule has 0 bridgehead atoms. The zero-order valence-corrected chi connectivity index (χ0v) is 15.9. The molecule has 0 aromatic heterocycles. The first-order valence-electron chi connectivity index (χ1n) is 8.82. The van der Waals surface area contributed by atoms with E-state index in [4.69, 9.17) is 9.73 Å². The molecule has 2 N–H and O–H groups in total. The van der Waals surface area contributed by atoms with Crippen LogP contribution in [0.5, 0.6) is 0 Å². The van der Waals surface area contributed by atoms with Crippen molar-refractivity contribution in [2.45, 2.75) is 64.3 Å². The highest BCUT2D eigenvalue weighted by Crippen LogP contribution is 2.28. The molecular formula is C17H33N3O2S. The number of nitrogens with zero attached hydrogens (tertiary/aromatic N) is 2. The lowest BCUT2D eigenvalue weighted by atomic mass is 10.0. The molecule has 0 spiro atoms. The topological polar surface area (TPSA) is 57.1 Å². The van der Waals surface area contributed by atoms with Crippen molar-refractivity contribution in [1.29, 1.82) is 0 Å². The molecule has 0 aromatic rings. The van der Waals surface area contributed by atoms with Gasteiger partial charge in [0.2, 0.25) is 0 Å². The molecule has 2 saturated heterocycles. The third-order valence-corrected chi connectivity index (χ3v) is 5.44. The summed E-state index contributed by atoms with van der Waals surface area (Å²) in [7, 11) is 0. The maximum Gasteiger partial charge on any atom is 0.194 e. The van der Waals surface area contributed by atoms with Crippen LogP contribution in [-0.4, -0.2) is 71.0 Å². The molecule has 2 aliphatic rings. The Morgan fingerprint density at radius 1 is 1.39 bits per heavy atom. The van der Waals surface area contributed by atoms with Gasteiger partial charge in [-0.15, -0.1) is 0 Å². The largest absolute Gasteiger partial charge is 0.387 e. The van der Waals surface area contributed by atoms with Crippen LogP contribution in [0.3, 0.4) is 0 Å². The summed E-state index contributed by atoms with van der Waals surface area (Å²) in [5.74, 6) is 2.78. The van der Waals surface area contributed by atoms with Gasteiger partial charge in [-0.05, 0) is 52.7 Å². The molecule has 1 atom stereocenters. The lowest BCUT2D eigenvalue weighted by Gasteiger charge is -2.37. The predicted molar refractivity (Wildman–Crippen MR) is 98.3 cm³/mol. The molecule has 2 heterocycles. The van der Waals surface area contributed by atoms with Crippen LogP contribution < -0.4 is 5.32 Å². The predicted octanol–water partition coefficient (Wildman–Crippen LogP) is 2.10. The van der Waals surface area contributed by atoms with Crippen LogP contribution >= 0.6 is 11.8 Å². The zero-order valence-electron chi connectivity index (χ0n) is 15.1. The molecule has 134 valence electrons. The van der Waals surface area contributed by atoms with Crippen LogP contribution in [-0.2, 0) is 4.74 Å². The number of aliphatic hydroxyl groups is 1. The minimum atomic E-state index is -0.612. The van der Waals surface area contributed by atoms with Gasteiger partial charge in [0.05, 0.1) is 23.9 Å². The van der Waals surface area contributed by atoms with Crippen molar-refractivity contribution in [3.8, 4) is 0 Å². The Morgan fingerprint density at radius 2 is 2.09 bits per heavy atom. The van der Waals surface area contributed by atoms with E-state index in [1.165, 1.54) is 0 Å². The van der Waals surface area contributed by atoms with E-state index in [1.54, 1.807) is 0 Å². The number of hydrogen-bond donors (Lipinski definition) is 2. The fraction of sp³-hybridized carbons (Fsp3) is 0.941. The first-order valence-corrected chi connectivity index (χ1v) is 9.98. The number of rotatable bonds is 4. The second-order valence-corrected chi connectivity index (χ2v) is 8.72. The van der Waals surface area contributed by atoms with Crippen molar-refractivity contribution >= 4 is 17.7 Å². The normalized spacial score (nSPS) is 27.5. The number of piperidine rings is 1. The first-order chi connectivity index (χ1) is 10.8. The third kappa shape index (κ3) is 6.16. The average Bonchev–Trinajstić information content (AvgIpc) is 2.90. The van der Waals surface area contributed by atoms with Crippen LogP contribution in [0.1, 0.15) is 47.0 Å². The van der Waals surface area contributed by atoms with Crippen molar-refractivity contribution in [1.82, 2.24) is 10.2 Å². The number of hydrogen-bond acceptors (Lipinski definition) is 4. The molecule has 2 fully saturated rings. The highest BCUT2D eigenvalue weighted by Gasteiger charge is 2.32. The average molecular weight is 344 g/mol. The third-order valence-electron chi connectivity index (χ3n) is 4.20. The van der Waals surface area contributed by atoms with E-state index < -0.39 is 5.60 Å². The van der Waals surface area contributed by atoms with E-state index in [1.807, 2.05) is 11.8 Å². The zero-order chi connectivity index (χ0) is 16.9. The Bertz CT molecular complexity index is 395. The van der Waals surface area contributed by atoms with Crippen LogP contribution in [0.25, 0.3) is 0 Å². The second-order valence-electron chi connectivity index (χ2n) is 7.61. The van der Waals surface area contributed by atoms with Crippen molar-refractivity contribution < 1.29 is 9.84 Å². The summed E-state index contributed by atoms with van der Waals surface area (Å²) >= 11 is 1.82. The van der Waals surface area contributed by atoms with Gasteiger partial charge in [-0.1, -0.05) is 0 Å². The minimum absolute atomic E-state index is 0.0746. The summed E-state index contributed by atoms with van der Waals surface area (Å²) < 4.78 is 6.09. The molecule has 1 unspecified atom stereocenters. The van der Waals surface area contributed by atoms with Gasteiger partial charge in [-0.3, -0.25) is 4.99 Å². The molecule has 0 saturated carbocycles. The molecular weight excluding hydrogens is 310 g/mol. The molecule has 23 heavy (non-hydrogen) atoms. The van der Waals surface area contributed by atoms with Crippen LogP contribution in [0, 0.1) is 0 Å². The van der Waals surface area contributed by atoms with Gasteiger partial charge in [-0.2, -0.15) is 11.8 Å².